The number of anilines is 1. The van der Waals surface area contributed by atoms with Crippen molar-refractivity contribution in [1.82, 2.24) is 14.5 Å². The molecule has 0 fully saturated rings. The van der Waals surface area contributed by atoms with E-state index in [1.165, 1.54) is 7.11 Å². The molecule has 150 valence electrons. The van der Waals surface area contributed by atoms with Gasteiger partial charge in [0.2, 0.25) is 5.91 Å². The molecule has 1 amide bonds. The fraction of sp³-hybridized carbons (Fsp3) is 0.130. The van der Waals surface area contributed by atoms with E-state index in [1.54, 1.807) is 30.5 Å². The van der Waals surface area contributed by atoms with Crippen LogP contribution in [0, 0.1) is 0 Å². The summed E-state index contributed by atoms with van der Waals surface area (Å²) in [4.78, 5) is 33.1. The highest BCUT2D eigenvalue weighted by Gasteiger charge is 2.15. The van der Waals surface area contributed by atoms with Gasteiger partial charge in [0.25, 0.3) is 0 Å². The molecular formula is C23H20N4O3. The molecule has 0 saturated heterocycles. The number of para-hydroxylation sites is 1. The van der Waals surface area contributed by atoms with Crippen molar-refractivity contribution in [2.24, 2.45) is 0 Å². The smallest absolute Gasteiger partial charge is 0.337 e. The van der Waals surface area contributed by atoms with E-state index < -0.39 is 5.97 Å². The third-order valence-corrected chi connectivity index (χ3v) is 4.67. The molecule has 7 heteroatoms. The Morgan fingerprint density at radius 2 is 1.77 bits per heavy atom. The molecule has 0 spiro atoms. The van der Waals surface area contributed by atoms with Gasteiger partial charge in [0.15, 0.2) is 5.65 Å². The van der Waals surface area contributed by atoms with Gasteiger partial charge < -0.3 is 10.1 Å². The van der Waals surface area contributed by atoms with Gasteiger partial charge in [-0.1, -0.05) is 18.2 Å². The molecule has 0 atom stereocenters. The maximum atomic E-state index is 12.5. The molecule has 7 nitrogen and oxygen atoms in total. The van der Waals surface area contributed by atoms with Crippen molar-refractivity contribution in [2.45, 2.75) is 12.8 Å². The summed E-state index contributed by atoms with van der Waals surface area (Å²) in [6.45, 7) is 0. The fourth-order valence-electron chi connectivity index (χ4n) is 3.23. The lowest BCUT2D eigenvalue weighted by molar-refractivity contribution is -0.116. The van der Waals surface area contributed by atoms with E-state index in [4.69, 9.17) is 0 Å². The number of rotatable bonds is 6. The Bertz CT molecular complexity index is 1180. The Morgan fingerprint density at radius 1 is 1.00 bits per heavy atom. The first-order chi connectivity index (χ1) is 14.7. The number of nitrogens with zero attached hydrogens (tertiary/aromatic N) is 3. The maximum absolute atomic E-state index is 12.5. The molecule has 2 aromatic carbocycles. The van der Waals surface area contributed by atoms with Crippen molar-refractivity contribution in [3.05, 3.63) is 84.3 Å². The summed E-state index contributed by atoms with van der Waals surface area (Å²) in [5.74, 6) is 0.216. The quantitative estimate of drug-likeness (QED) is 0.498. The van der Waals surface area contributed by atoms with Crippen LogP contribution in [0.25, 0.3) is 16.9 Å². The second-order valence-corrected chi connectivity index (χ2v) is 6.66. The molecule has 0 aliphatic carbocycles. The highest BCUT2D eigenvalue weighted by Crippen LogP contribution is 2.21. The third kappa shape index (κ3) is 4.05. The topological polar surface area (TPSA) is 86.1 Å². The zero-order valence-electron chi connectivity index (χ0n) is 16.4. The number of carbonyl (C=O) groups excluding carboxylic acids is 2. The fourth-order valence-corrected chi connectivity index (χ4v) is 3.23. The average molecular weight is 400 g/mol. The zero-order chi connectivity index (χ0) is 20.9. The van der Waals surface area contributed by atoms with Crippen LogP contribution in [-0.4, -0.2) is 33.5 Å². The van der Waals surface area contributed by atoms with Crippen LogP contribution >= 0.6 is 0 Å². The molecule has 0 aliphatic rings. The number of benzene rings is 2. The van der Waals surface area contributed by atoms with Gasteiger partial charge in [-0.05, 0) is 48.5 Å². The minimum atomic E-state index is -0.415. The Labute approximate surface area is 173 Å². The number of amides is 1. The number of ether oxygens (including phenoxy) is 1. The number of aryl methyl sites for hydroxylation is 1. The SMILES string of the molecule is COC(=O)c1ccc(NC(=O)CCc2nc3cccnc3n2-c2ccccc2)cc1. The first-order valence-electron chi connectivity index (χ1n) is 9.51. The molecule has 2 aromatic heterocycles. The Morgan fingerprint density at radius 3 is 2.50 bits per heavy atom. The van der Waals surface area contributed by atoms with Gasteiger partial charge in [0.1, 0.15) is 11.3 Å². The van der Waals surface area contributed by atoms with Crippen LogP contribution in [0.5, 0.6) is 0 Å². The Hall–Kier alpha value is -4.00. The van der Waals surface area contributed by atoms with Gasteiger partial charge in [0, 0.05) is 30.4 Å². The number of methoxy groups -OCH3 is 1. The van der Waals surface area contributed by atoms with E-state index >= 15 is 0 Å². The highest BCUT2D eigenvalue weighted by molar-refractivity contribution is 5.93. The minimum absolute atomic E-state index is 0.138. The molecule has 4 aromatic rings. The monoisotopic (exact) mass is 400 g/mol. The predicted octanol–water partition coefficient (Wildman–Crippen LogP) is 3.78. The van der Waals surface area contributed by atoms with Crippen molar-refractivity contribution >= 4 is 28.7 Å². The summed E-state index contributed by atoms with van der Waals surface area (Å²) in [5, 5.41) is 2.85. The number of aromatic nitrogens is 3. The lowest BCUT2D eigenvalue weighted by Crippen LogP contribution is -2.14. The van der Waals surface area contributed by atoms with E-state index in [9.17, 15) is 9.59 Å². The third-order valence-electron chi connectivity index (χ3n) is 4.67. The van der Waals surface area contributed by atoms with Crippen LogP contribution < -0.4 is 5.32 Å². The number of esters is 1. The second kappa shape index (κ2) is 8.57. The summed E-state index contributed by atoms with van der Waals surface area (Å²) >= 11 is 0. The standard InChI is InChI=1S/C23H20N4O3/c1-30-23(29)16-9-11-17(12-10-16)25-21(28)14-13-20-26-19-8-5-15-24-22(19)27(20)18-6-3-2-4-7-18/h2-12,15H,13-14H2,1H3,(H,25,28). The van der Waals surface area contributed by atoms with E-state index in [2.05, 4.69) is 20.0 Å². The van der Waals surface area contributed by atoms with Crippen molar-refractivity contribution in [3.8, 4) is 5.69 Å². The molecular weight excluding hydrogens is 380 g/mol. The molecule has 0 bridgehead atoms. The number of fused-ring (bicyclic) bond motifs is 1. The predicted molar refractivity (Wildman–Crippen MR) is 114 cm³/mol. The second-order valence-electron chi connectivity index (χ2n) is 6.66. The van der Waals surface area contributed by atoms with E-state index in [0.29, 0.717) is 17.7 Å². The Balaban J connectivity index is 1.50. The molecule has 2 heterocycles. The van der Waals surface area contributed by atoms with Crippen LogP contribution in [0.1, 0.15) is 22.6 Å². The summed E-state index contributed by atoms with van der Waals surface area (Å²) in [7, 11) is 1.33. The van der Waals surface area contributed by atoms with Gasteiger partial charge in [-0.25, -0.2) is 14.8 Å². The van der Waals surface area contributed by atoms with Crippen molar-refractivity contribution in [3.63, 3.8) is 0 Å². The van der Waals surface area contributed by atoms with Crippen LogP contribution in [0.15, 0.2) is 72.9 Å². The van der Waals surface area contributed by atoms with Crippen LogP contribution in [0.2, 0.25) is 0 Å². The van der Waals surface area contributed by atoms with E-state index in [1.807, 2.05) is 47.0 Å². The number of hydrogen-bond donors (Lipinski definition) is 1. The molecule has 0 saturated carbocycles. The first kappa shape index (κ1) is 19.3. The van der Waals surface area contributed by atoms with Crippen molar-refractivity contribution in [2.75, 3.05) is 12.4 Å². The van der Waals surface area contributed by atoms with Crippen molar-refractivity contribution in [1.29, 1.82) is 0 Å². The van der Waals surface area contributed by atoms with E-state index in [0.717, 1.165) is 22.7 Å². The summed E-state index contributed by atoms with van der Waals surface area (Å²) in [6.07, 6.45) is 2.45. The number of hydrogen-bond acceptors (Lipinski definition) is 5. The minimum Gasteiger partial charge on any atom is -0.465 e. The molecule has 0 unspecified atom stereocenters. The summed E-state index contributed by atoms with van der Waals surface area (Å²) in [6, 6.07) is 20.2. The lowest BCUT2D eigenvalue weighted by Gasteiger charge is -2.09. The molecule has 30 heavy (non-hydrogen) atoms. The van der Waals surface area contributed by atoms with Gasteiger partial charge >= 0.3 is 5.97 Å². The lowest BCUT2D eigenvalue weighted by atomic mass is 10.2. The number of carbonyl (C=O) groups is 2. The Kier molecular flexibility index (Phi) is 5.52. The van der Waals surface area contributed by atoms with Gasteiger partial charge in [-0.2, -0.15) is 0 Å². The highest BCUT2D eigenvalue weighted by atomic mass is 16.5. The summed E-state index contributed by atoms with van der Waals surface area (Å²) < 4.78 is 6.66. The zero-order valence-corrected chi connectivity index (χ0v) is 16.4. The van der Waals surface area contributed by atoms with Gasteiger partial charge in [-0.15, -0.1) is 0 Å². The number of pyridine rings is 1. The van der Waals surface area contributed by atoms with Crippen LogP contribution in [0.3, 0.4) is 0 Å². The van der Waals surface area contributed by atoms with Crippen LogP contribution in [0.4, 0.5) is 5.69 Å². The van der Waals surface area contributed by atoms with Crippen LogP contribution in [-0.2, 0) is 16.0 Å². The number of nitrogens with one attached hydrogen (secondary N) is 1. The normalized spacial score (nSPS) is 10.7. The largest absolute Gasteiger partial charge is 0.465 e. The van der Waals surface area contributed by atoms with Gasteiger partial charge in [0.05, 0.1) is 12.7 Å². The molecule has 1 N–H and O–H groups in total. The summed E-state index contributed by atoms with van der Waals surface area (Å²) in [5.41, 5.74) is 3.55. The van der Waals surface area contributed by atoms with E-state index in [-0.39, 0.29) is 12.3 Å². The average Bonchev–Trinajstić information content (AvgIpc) is 3.16. The molecule has 4 rings (SSSR count). The molecule has 0 aliphatic heterocycles. The van der Waals surface area contributed by atoms with Gasteiger partial charge in [-0.3, -0.25) is 9.36 Å². The number of imidazole rings is 1. The first-order valence-corrected chi connectivity index (χ1v) is 9.51. The maximum Gasteiger partial charge on any atom is 0.337 e. The van der Waals surface area contributed by atoms with Crippen molar-refractivity contribution < 1.29 is 14.3 Å². The molecule has 0 radical (unpaired) electrons.